The highest BCUT2D eigenvalue weighted by Gasteiger charge is 2.23. The van der Waals surface area contributed by atoms with Gasteiger partial charge in [-0.3, -0.25) is 0 Å². The maximum Gasteiger partial charge on any atom is 0.0692 e. The zero-order valence-corrected chi connectivity index (χ0v) is 11.4. The number of thiophene rings is 1. The van der Waals surface area contributed by atoms with Crippen LogP contribution in [0.3, 0.4) is 0 Å². The van der Waals surface area contributed by atoms with E-state index in [1.807, 2.05) is 0 Å². The van der Waals surface area contributed by atoms with E-state index in [4.69, 9.17) is 0 Å². The predicted molar refractivity (Wildman–Crippen MR) is 73.5 cm³/mol. The van der Waals surface area contributed by atoms with Gasteiger partial charge < -0.3 is 10.4 Å². The number of hydrogen-bond acceptors (Lipinski definition) is 3. The summed E-state index contributed by atoms with van der Waals surface area (Å²) in [5.41, 5.74) is 1.39. The summed E-state index contributed by atoms with van der Waals surface area (Å²) < 4.78 is 0. The van der Waals surface area contributed by atoms with Gasteiger partial charge in [0.2, 0.25) is 0 Å². The van der Waals surface area contributed by atoms with Gasteiger partial charge in [-0.05, 0) is 54.5 Å². The van der Waals surface area contributed by atoms with Crippen LogP contribution in [0.15, 0.2) is 16.8 Å². The minimum atomic E-state index is -0.151. The largest absolute Gasteiger partial charge is 0.392 e. The fourth-order valence-corrected chi connectivity index (χ4v) is 3.35. The lowest BCUT2D eigenvalue weighted by Crippen LogP contribution is -2.37. The van der Waals surface area contributed by atoms with Gasteiger partial charge in [-0.1, -0.05) is 12.8 Å². The van der Waals surface area contributed by atoms with E-state index in [1.54, 1.807) is 11.3 Å². The number of nitrogens with one attached hydrogen (secondary N) is 1. The summed E-state index contributed by atoms with van der Waals surface area (Å²) in [4.78, 5) is 0. The van der Waals surface area contributed by atoms with Crippen molar-refractivity contribution < 1.29 is 5.11 Å². The van der Waals surface area contributed by atoms with Crippen molar-refractivity contribution in [3.63, 3.8) is 0 Å². The molecule has 1 aliphatic carbocycles. The fourth-order valence-electron chi connectivity index (χ4n) is 2.67. The summed E-state index contributed by atoms with van der Waals surface area (Å²) in [6.45, 7) is 2.94. The van der Waals surface area contributed by atoms with E-state index in [0.717, 1.165) is 13.0 Å². The first-order valence-corrected chi connectivity index (χ1v) is 7.62. The SMILES string of the molecule is CC(Cc1ccsc1)NCC(O)C1CCCC1. The fraction of sp³-hybridized carbons (Fsp3) is 0.714. The smallest absolute Gasteiger partial charge is 0.0692 e. The quantitative estimate of drug-likeness (QED) is 0.817. The van der Waals surface area contributed by atoms with Crippen LogP contribution in [0.25, 0.3) is 0 Å². The van der Waals surface area contributed by atoms with Crippen LogP contribution in [-0.4, -0.2) is 23.8 Å². The number of aliphatic hydroxyl groups is 1. The van der Waals surface area contributed by atoms with Crippen molar-refractivity contribution in [2.45, 2.75) is 51.2 Å². The molecule has 96 valence electrons. The van der Waals surface area contributed by atoms with Gasteiger partial charge in [0.05, 0.1) is 6.10 Å². The third-order valence-electron chi connectivity index (χ3n) is 3.74. The summed E-state index contributed by atoms with van der Waals surface area (Å²) in [7, 11) is 0. The van der Waals surface area contributed by atoms with E-state index in [9.17, 15) is 5.11 Å². The predicted octanol–water partition coefficient (Wildman–Crippen LogP) is 2.82. The Morgan fingerprint density at radius 1 is 1.47 bits per heavy atom. The molecule has 0 aliphatic heterocycles. The second-order valence-electron chi connectivity index (χ2n) is 5.26. The van der Waals surface area contributed by atoms with Gasteiger partial charge in [0.1, 0.15) is 0 Å². The van der Waals surface area contributed by atoms with Gasteiger partial charge >= 0.3 is 0 Å². The molecule has 0 bridgehead atoms. The van der Waals surface area contributed by atoms with Gasteiger partial charge in [-0.15, -0.1) is 0 Å². The summed E-state index contributed by atoms with van der Waals surface area (Å²) >= 11 is 1.75. The summed E-state index contributed by atoms with van der Waals surface area (Å²) in [5, 5.41) is 17.8. The molecule has 0 saturated heterocycles. The van der Waals surface area contributed by atoms with Gasteiger partial charge in [-0.25, -0.2) is 0 Å². The highest BCUT2D eigenvalue weighted by molar-refractivity contribution is 7.07. The lowest BCUT2D eigenvalue weighted by molar-refractivity contribution is 0.106. The van der Waals surface area contributed by atoms with E-state index in [2.05, 4.69) is 29.1 Å². The van der Waals surface area contributed by atoms with Crippen molar-refractivity contribution in [3.8, 4) is 0 Å². The second-order valence-corrected chi connectivity index (χ2v) is 6.04. The first-order valence-electron chi connectivity index (χ1n) is 6.68. The maximum absolute atomic E-state index is 10.1. The van der Waals surface area contributed by atoms with Crippen LogP contribution in [0.1, 0.15) is 38.2 Å². The Morgan fingerprint density at radius 3 is 2.88 bits per heavy atom. The zero-order chi connectivity index (χ0) is 12.1. The standard InChI is InChI=1S/C14H23NOS/c1-11(8-12-6-7-17-10-12)15-9-14(16)13-4-2-3-5-13/h6-7,10-11,13-16H,2-5,8-9H2,1H3. The molecule has 1 fully saturated rings. The molecule has 17 heavy (non-hydrogen) atoms. The second kappa shape index (κ2) is 6.53. The Labute approximate surface area is 108 Å². The Morgan fingerprint density at radius 2 is 2.24 bits per heavy atom. The lowest BCUT2D eigenvalue weighted by Gasteiger charge is -2.21. The van der Waals surface area contributed by atoms with Crippen LogP contribution < -0.4 is 5.32 Å². The molecule has 2 N–H and O–H groups in total. The number of rotatable bonds is 6. The van der Waals surface area contributed by atoms with E-state index in [1.165, 1.54) is 31.2 Å². The average molecular weight is 253 g/mol. The molecule has 3 heteroatoms. The lowest BCUT2D eigenvalue weighted by atomic mass is 10.0. The monoisotopic (exact) mass is 253 g/mol. The first kappa shape index (κ1) is 13.1. The summed E-state index contributed by atoms with van der Waals surface area (Å²) in [6.07, 6.45) is 5.92. The van der Waals surface area contributed by atoms with Gasteiger partial charge in [0.15, 0.2) is 0 Å². The molecular formula is C14H23NOS. The highest BCUT2D eigenvalue weighted by atomic mass is 32.1. The van der Waals surface area contributed by atoms with Crippen LogP contribution in [0.2, 0.25) is 0 Å². The Balaban J connectivity index is 1.66. The van der Waals surface area contributed by atoms with Crippen LogP contribution in [-0.2, 0) is 6.42 Å². The molecule has 2 atom stereocenters. The van der Waals surface area contributed by atoms with E-state index < -0.39 is 0 Å². The van der Waals surface area contributed by atoms with Crippen molar-refractivity contribution >= 4 is 11.3 Å². The van der Waals surface area contributed by atoms with Crippen LogP contribution in [0.4, 0.5) is 0 Å². The Kier molecular flexibility index (Phi) is 5.01. The molecule has 1 heterocycles. The molecule has 0 radical (unpaired) electrons. The van der Waals surface area contributed by atoms with Crippen LogP contribution in [0.5, 0.6) is 0 Å². The maximum atomic E-state index is 10.1. The van der Waals surface area contributed by atoms with Crippen molar-refractivity contribution in [3.05, 3.63) is 22.4 Å². The Hall–Kier alpha value is -0.380. The highest BCUT2D eigenvalue weighted by Crippen LogP contribution is 2.27. The van der Waals surface area contributed by atoms with Crippen LogP contribution >= 0.6 is 11.3 Å². The molecular weight excluding hydrogens is 230 g/mol. The zero-order valence-electron chi connectivity index (χ0n) is 10.6. The van der Waals surface area contributed by atoms with Crippen LogP contribution in [0, 0.1) is 5.92 Å². The third-order valence-corrected chi connectivity index (χ3v) is 4.47. The van der Waals surface area contributed by atoms with Gasteiger partial charge in [-0.2, -0.15) is 11.3 Å². The van der Waals surface area contributed by atoms with E-state index in [-0.39, 0.29) is 6.10 Å². The minimum Gasteiger partial charge on any atom is -0.392 e. The summed E-state index contributed by atoms with van der Waals surface area (Å²) in [6, 6.07) is 2.62. The normalized spacial score (nSPS) is 20.6. The van der Waals surface area contributed by atoms with Crippen molar-refractivity contribution in [2.75, 3.05) is 6.54 Å². The molecule has 2 nitrogen and oxygen atoms in total. The molecule has 1 aromatic heterocycles. The Bertz CT molecular complexity index is 306. The topological polar surface area (TPSA) is 32.3 Å². The molecule has 0 spiro atoms. The first-order chi connectivity index (χ1) is 8.25. The molecule has 0 amide bonds. The van der Waals surface area contributed by atoms with Crippen molar-refractivity contribution in [2.24, 2.45) is 5.92 Å². The molecule has 1 saturated carbocycles. The molecule has 1 aliphatic rings. The number of hydrogen-bond donors (Lipinski definition) is 2. The van der Waals surface area contributed by atoms with Crippen molar-refractivity contribution in [1.29, 1.82) is 0 Å². The van der Waals surface area contributed by atoms with E-state index in [0.29, 0.717) is 12.0 Å². The summed E-state index contributed by atoms with van der Waals surface area (Å²) in [5.74, 6) is 0.538. The van der Waals surface area contributed by atoms with E-state index >= 15 is 0 Å². The minimum absolute atomic E-state index is 0.151. The molecule has 0 aromatic carbocycles. The van der Waals surface area contributed by atoms with Gasteiger partial charge in [0.25, 0.3) is 0 Å². The molecule has 2 unspecified atom stereocenters. The molecule has 1 aromatic rings. The molecule has 2 rings (SSSR count). The average Bonchev–Trinajstić information content (AvgIpc) is 2.97. The number of aliphatic hydroxyl groups excluding tert-OH is 1. The van der Waals surface area contributed by atoms with Crippen molar-refractivity contribution in [1.82, 2.24) is 5.32 Å². The van der Waals surface area contributed by atoms with Gasteiger partial charge in [0, 0.05) is 12.6 Å². The third kappa shape index (κ3) is 4.09.